The number of esters is 2. The van der Waals surface area contributed by atoms with Crippen molar-refractivity contribution >= 4 is 17.6 Å². The van der Waals surface area contributed by atoms with E-state index in [1.54, 1.807) is 36.4 Å². The van der Waals surface area contributed by atoms with Crippen LogP contribution in [0.1, 0.15) is 100 Å². The molecule has 40 heavy (non-hydrogen) atoms. The molecular formula is C35H41NO4. The highest BCUT2D eigenvalue weighted by Gasteiger charge is 2.13. The molecule has 5 heteroatoms. The fraction of sp³-hybridized carbons (Fsp3) is 0.400. The fourth-order valence-electron chi connectivity index (χ4n) is 4.58. The van der Waals surface area contributed by atoms with Crippen molar-refractivity contribution in [1.29, 1.82) is 0 Å². The topological polar surface area (TPSA) is 57.0 Å². The Morgan fingerprint density at radius 1 is 0.675 bits per heavy atom. The van der Waals surface area contributed by atoms with Gasteiger partial charge in [0.25, 0.3) is 0 Å². The number of rotatable bonds is 16. The van der Waals surface area contributed by atoms with Gasteiger partial charge in [-0.25, -0.2) is 9.64 Å². The molecule has 0 aliphatic carbocycles. The van der Waals surface area contributed by atoms with Crippen LogP contribution in [0.15, 0.2) is 66.7 Å². The number of benzene rings is 3. The molecule has 0 aliphatic heterocycles. The smallest absolute Gasteiger partial charge is 0.342 e. The fourth-order valence-corrected chi connectivity index (χ4v) is 4.58. The highest BCUT2D eigenvalue weighted by molar-refractivity contribution is 5.92. The molecule has 0 spiro atoms. The van der Waals surface area contributed by atoms with E-state index in [9.17, 15) is 9.59 Å². The maximum Gasteiger partial charge on any atom is 0.342 e. The summed E-state index contributed by atoms with van der Waals surface area (Å²) in [4.78, 5) is 28.5. The molecular weight excluding hydrogens is 498 g/mol. The molecule has 3 rings (SSSR count). The number of carbonyl (C=O) groups is 2. The van der Waals surface area contributed by atoms with Crippen LogP contribution in [0.2, 0.25) is 0 Å². The van der Waals surface area contributed by atoms with E-state index < -0.39 is 5.97 Å². The van der Waals surface area contributed by atoms with Crippen molar-refractivity contribution in [1.82, 2.24) is 0 Å². The zero-order chi connectivity index (χ0) is 28.6. The molecule has 0 N–H and O–H groups in total. The van der Waals surface area contributed by atoms with E-state index in [-0.39, 0.29) is 5.97 Å². The standard InChI is InChI=1S/C35H41NO4/c1-4-6-8-10-11-13-15-34(37)39-31-22-18-27(19-23-31)28-20-24-32(25-21-28)40-35(38)30-17-16-29(33(26-30)36-3)14-12-9-7-5-2/h16-26H,4-15H2,1-2H3. The van der Waals surface area contributed by atoms with Crippen LogP contribution in [0, 0.1) is 6.57 Å². The van der Waals surface area contributed by atoms with E-state index in [4.69, 9.17) is 16.0 Å². The molecule has 210 valence electrons. The van der Waals surface area contributed by atoms with Gasteiger partial charge in [-0.1, -0.05) is 102 Å². The lowest BCUT2D eigenvalue weighted by Crippen LogP contribution is -2.08. The van der Waals surface area contributed by atoms with Gasteiger partial charge in [0.2, 0.25) is 0 Å². The molecule has 0 saturated heterocycles. The second-order valence-corrected chi connectivity index (χ2v) is 10.2. The third kappa shape index (κ3) is 10.0. The summed E-state index contributed by atoms with van der Waals surface area (Å²) < 4.78 is 11.0. The van der Waals surface area contributed by atoms with E-state index in [2.05, 4.69) is 18.7 Å². The molecule has 5 nitrogen and oxygen atoms in total. The van der Waals surface area contributed by atoms with Crippen molar-refractivity contribution in [3.8, 4) is 22.6 Å². The number of ether oxygens (including phenoxy) is 2. The lowest BCUT2D eigenvalue weighted by Gasteiger charge is -2.09. The first kappa shape index (κ1) is 30.6. The molecule has 0 aliphatic rings. The van der Waals surface area contributed by atoms with Crippen LogP contribution in [0.5, 0.6) is 11.5 Å². The molecule has 0 amide bonds. The van der Waals surface area contributed by atoms with Crippen LogP contribution >= 0.6 is 0 Å². The van der Waals surface area contributed by atoms with Crippen molar-refractivity contribution in [2.45, 2.75) is 90.9 Å². The second kappa shape index (κ2) is 16.9. The zero-order valence-electron chi connectivity index (χ0n) is 23.9. The maximum absolute atomic E-state index is 12.7. The second-order valence-electron chi connectivity index (χ2n) is 10.2. The summed E-state index contributed by atoms with van der Waals surface area (Å²) in [6, 6.07) is 19.9. The number of hydrogen-bond donors (Lipinski definition) is 0. The Hall–Kier alpha value is -3.91. The van der Waals surface area contributed by atoms with Crippen LogP contribution in [-0.4, -0.2) is 11.9 Å². The highest BCUT2D eigenvalue weighted by atomic mass is 16.5. The van der Waals surface area contributed by atoms with Crippen LogP contribution in [-0.2, 0) is 11.2 Å². The minimum absolute atomic E-state index is 0.195. The van der Waals surface area contributed by atoms with E-state index in [1.807, 2.05) is 30.3 Å². The Labute approximate surface area is 239 Å². The molecule has 0 heterocycles. The molecule has 0 fully saturated rings. The van der Waals surface area contributed by atoms with E-state index in [0.29, 0.717) is 29.2 Å². The van der Waals surface area contributed by atoms with Gasteiger partial charge >= 0.3 is 11.9 Å². The van der Waals surface area contributed by atoms with Gasteiger partial charge in [0.1, 0.15) is 11.5 Å². The normalized spacial score (nSPS) is 10.6. The van der Waals surface area contributed by atoms with Crippen LogP contribution in [0.3, 0.4) is 0 Å². The lowest BCUT2D eigenvalue weighted by atomic mass is 10.0. The third-order valence-corrected chi connectivity index (χ3v) is 6.96. The van der Waals surface area contributed by atoms with Crippen molar-refractivity contribution in [2.24, 2.45) is 0 Å². The van der Waals surface area contributed by atoms with Crippen molar-refractivity contribution in [3.63, 3.8) is 0 Å². The SMILES string of the molecule is [C-]#[N+]c1cc(C(=O)Oc2ccc(-c3ccc(OC(=O)CCCCCCCC)cc3)cc2)ccc1CCCCCC. The summed E-state index contributed by atoms with van der Waals surface area (Å²) in [6.07, 6.45) is 12.6. The highest BCUT2D eigenvalue weighted by Crippen LogP contribution is 2.27. The largest absolute Gasteiger partial charge is 0.427 e. The Morgan fingerprint density at radius 3 is 1.82 bits per heavy atom. The number of unbranched alkanes of at least 4 members (excludes halogenated alkanes) is 8. The van der Waals surface area contributed by atoms with Crippen LogP contribution < -0.4 is 9.47 Å². The molecule has 3 aromatic rings. The molecule has 0 aromatic heterocycles. The molecule has 0 bridgehead atoms. The molecule has 0 radical (unpaired) electrons. The molecule has 0 saturated carbocycles. The first-order valence-corrected chi connectivity index (χ1v) is 14.7. The van der Waals surface area contributed by atoms with E-state index in [1.165, 1.54) is 38.5 Å². The maximum atomic E-state index is 12.7. The first-order chi connectivity index (χ1) is 19.5. The summed E-state index contributed by atoms with van der Waals surface area (Å²) in [5.74, 6) is 0.292. The summed E-state index contributed by atoms with van der Waals surface area (Å²) in [6.45, 7) is 11.9. The summed E-state index contributed by atoms with van der Waals surface area (Å²) >= 11 is 0. The van der Waals surface area contributed by atoms with Gasteiger partial charge in [-0.05, 0) is 65.9 Å². The third-order valence-electron chi connectivity index (χ3n) is 6.96. The minimum Gasteiger partial charge on any atom is -0.427 e. The van der Waals surface area contributed by atoms with Gasteiger partial charge in [-0.15, -0.1) is 0 Å². The van der Waals surface area contributed by atoms with Gasteiger partial charge < -0.3 is 9.47 Å². The van der Waals surface area contributed by atoms with Crippen molar-refractivity contribution in [3.05, 3.63) is 89.3 Å². The van der Waals surface area contributed by atoms with Crippen LogP contribution in [0.25, 0.3) is 16.0 Å². The number of nitrogens with zero attached hydrogens (tertiary/aromatic N) is 1. The van der Waals surface area contributed by atoms with Gasteiger partial charge in [-0.3, -0.25) is 4.79 Å². The quantitative estimate of drug-likeness (QED) is 0.0786. The summed E-state index contributed by atoms with van der Waals surface area (Å²) in [5, 5.41) is 0. The Bertz CT molecular complexity index is 1260. The first-order valence-electron chi connectivity index (χ1n) is 14.7. The molecule has 0 atom stereocenters. The zero-order valence-corrected chi connectivity index (χ0v) is 23.9. The van der Waals surface area contributed by atoms with E-state index in [0.717, 1.165) is 48.8 Å². The number of carbonyl (C=O) groups excluding carboxylic acids is 2. The number of aryl methyl sites for hydroxylation is 1. The van der Waals surface area contributed by atoms with Gasteiger partial charge in [0, 0.05) is 12.0 Å². The average molecular weight is 540 g/mol. The number of hydrogen-bond acceptors (Lipinski definition) is 4. The predicted molar refractivity (Wildman–Crippen MR) is 161 cm³/mol. The summed E-state index contributed by atoms with van der Waals surface area (Å²) in [7, 11) is 0. The lowest BCUT2D eigenvalue weighted by molar-refractivity contribution is -0.134. The van der Waals surface area contributed by atoms with Gasteiger partial charge in [-0.2, -0.15) is 0 Å². The van der Waals surface area contributed by atoms with Gasteiger partial charge in [0.15, 0.2) is 5.69 Å². The Kier molecular flexibility index (Phi) is 13.0. The van der Waals surface area contributed by atoms with E-state index >= 15 is 0 Å². The predicted octanol–water partition coefficient (Wildman–Crippen LogP) is 9.90. The minimum atomic E-state index is -0.484. The van der Waals surface area contributed by atoms with Gasteiger partial charge in [0.05, 0.1) is 6.57 Å². The van der Waals surface area contributed by atoms with Crippen LogP contribution in [0.4, 0.5) is 5.69 Å². The Morgan fingerprint density at radius 2 is 1.23 bits per heavy atom. The Balaban J connectivity index is 1.51. The monoisotopic (exact) mass is 539 g/mol. The molecule has 3 aromatic carbocycles. The van der Waals surface area contributed by atoms with Crippen molar-refractivity contribution in [2.75, 3.05) is 0 Å². The van der Waals surface area contributed by atoms with Crippen molar-refractivity contribution < 1.29 is 19.1 Å². The molecule has 0 unspecified atom stereocenters. The average Bonchev–Trinajstić information content (AvgIpc) is 2.98. The summed E-state index contributed by atoms with van der Waals surface area (Å²) in [5.41, 5.74) is 3.77.